The normalized spacial score (nSPS) is 13.9. The van der Waals surface area contributed by atoms with E-state index in [1.165, 1.54) is 12.8 Å². The van der Waals surface area contributed by atoms with Crippen LogP contribution in [0, 0.1) is 0 Å². The highest BCUT2D eigenvalue weighted by Gasteiger charge is 2.28. The van der Waals surface area contributed by atoms with Crippen LogP contribution >= 0.6 is 31.0 Å². The largest absolute Gasteiger partial charge is 0.403 e. The average Bonchev–Trinajstić information content (AvgIpc) is 2.85. The molecule has 0 radical (unpaired) electrons. The summed E-state index contributed by atoms with van der Waals surface area (Å²) in [6.45, 7) is 9.01. The van der Waals surface area contributed by atoms with Crippen LogP contribution in [0.25, 0.3) is 0 Å². The van der Waals surface area contributed by atoms with Crippen molar-refractivity contribution in [3.05, 3.63) is 5.02 Å². The molecule has 1 unspecified atom stereocenters. The third-order valence-corrected chi connectivity index (χ3v) is 7.06. The van der Waals surface area contributed by atoms with Gasteiger partial charge in [0.2, 0.25) is 0 Å². The standard InChI is InChI=1S/C16H30ClN2O3PS/c1-5-9-10-11-12-19-16(24-13-6-2)14(17)15(18-19)22-23(20,8-4)21-7-3/h5-13H2,1-4H3. The van der Waals surface area contributed by atoms with Crippen molar-refractivity contribution in [2.75, 3.05) is 18.5 Å². The summed E-state index contributed by atoms with van der Waals surface area (Å²) < 4.78 is 25.4. The van der Waals surface area contributed by atoms with Crippen molar-refractivity contribution < 1.29 is 13.6 Å². The van der Waals surface area contributed by atoms with E-state index in [0.29, 0.717) is 11.6 Å². The molecule has 1 rings (SSSR count). The van der Waals surface area contributed by atoms with Crippen LogP contribution in [0.15, 0.2) is 5.03 Å². The van der Waals surface area contributed by atoms with Gasteiger partial charge in [-0.1, -0.05) is 51.6 Å². The van der Waals surface area contributed by atoms with E-state index in [9.17, 15) is 4.57 Å². The summed E-state index contributed by atoms with van der Waals surface area (Å²) in [5, 5.41) is 5.80. The fraction of sp³-hybridized carbons (Fsp3) is 0.812. The molecule has 0 saturated heterocycles. The molecular formula is C16H30ClN2O3PS. The van der Waals surface area contributed by atoms with Gasteiger partial charge in [0.15, 0.2) is 0 Å². The number of nitrogens with zero attached hydrogens (tertiary/aromatic N) is 2. The lowest BCUT2D eigenvalue weighted by atomic mass is 10.2. The molecule has 1 atom stereocenters. The van der Waals surface area contributed by atoms with Crippen LogP contribution in [-0.2, 0) is 15.6 Å². The maximum atomic E-state index is 12.6. The minimum absolute atomic E-state index is 0.226. The molecule has 1 aromatic heterocycles. The van der Waals surface area contributed by atoms with Gasteiger partial charge in [-0.25, -0.2) is 4.57 Å². The molecule has 0 amide bonds. The lowest BCUT2D eigenvalue weighted by Crippen LogP contribution is -2.04. The first-order valence-corrected chi connectivity index (χ1v) is 11.9. The Kier molecular flexibility index (Phi) is 10.4. The minimum Gasteiger partial charge on any atom is -0.403 e. The second kappa shape index (κ2) is 11.5. The van der Waals surface area contributed by atoms with Crippen molar-refractivity contribution in [1.29, 1.82) is 0 Å². The fourth-order valence-electron chi connectivity index (χ4n) is 2.15. The summed E-state index contributed by atoms with van der Waals surface area (Å²) in [4.78, 5) is 0. The van der Waals surface area contributed by atoms with Gasteiger partial charge >= 0.3 is 7.60 Å². The van der Waals surface area contributed by atoms with Gasteiger partial charge in [0, 0.05) is 6.54 Å². The highest BCUT2D eigenvalue weighted by atomic mass is 35.5. The molecule has 0 aliphatic carbocycles. The molecule has 0 aromatic carbocycles. The van der Waals surface area contributed by atoms with Gasteiger partial charge in [-0.15, -0.1) is 16.9 Å². The van der Waals surface area contributed by atoms with Crippen LogP contribution in [-0.4, -0.2) is 28.3 Å². The van der Waals surface area contributed by atoms with Crippen molar-refractivity contribution >= 4 is 31.0 Å². The average molecular weight is 397 g/mol. The molecule has 140 valence electrons. The SMILES string of the molecule is CCCCCCn1nc(OP(=O)(CC)OCC)c(Cl)c1SCCC. The van der Waals surface area contributed by atoms with E-state index in [0.717, 1.165) is 36.6 Å². The lowest BCUT2D eigenvalue weighted by molar-refractivity contribution is 0.277. The number of rotatable bonds is 13. The van der Waals surface area contributed by atoms with Gasteiger partial charge in [-0.05, 0) is 25.5 Å². The Morgan fingerprint density at radius 1 is 1.17 bits per heavy atom. The van der Waals surface area contributed by atoms with E-state index in [2.05, 4.69) is 18.9 Å². The molecule has 0 fully saturated rings. The Bertz CT molecular complexity index is 540. The maximum absolute atomic E-state index is 12.6. The third kappa shape index (κ3) is 6.62. The molecule has 5 nitrogen and oxygen atoms in total. The van der Waals surface area contributed by atoms with Crippen molar-refractivity contribution in [2.45, 2.75) is 71.4 Å². The van der Waals surface area contributed by atoms with Crippen LogP contribution < -0.4 is 4.52 Å². The molecule has 0 aliphatic heterocycles. The number of hydrogen-bond acceptors (Lipinski definition) is 5. The summed E-state index contributed by atoms with van der Waals surface area (Å²) >= 11 is 8.13. The second-order valence-corrected chi connectivity index (χ2v) is 9.25. The Morgan fingerprint density at radius 2 is 1.92 bits per heavy atom. The van der Waals surface area contributed by atoms with Crippen molar-refractivity contribution in [3.8, 4) is 5.88 Å². The van der Waals surface area contributed by atoms with E-state index >= 15 is 0 Å². The summed E-state index contributed by atoms with van der Waals surface area (Å²) in [5.41, 5.74) is 0. The van der Waals surface area contributed by atoms with Crippen LogP contribution in [0.3, 0.4) is 0 Å². The Balaban J connectivity index is 2.95. The Hall–Kier alpha value is -0.160. The van der Waals surface area contributed by atoms with E-state index in [1.807, 2.05) is 4.68 Å². The monoisotopic (exact) mass is 396 g/mol. The maximum Gasteiger partial charge on any atom is 0.380 e. The zero-order valence-electron chi connectivity index (χ0n) is 15.2. The van der Waals surface area contributed by atoms with Gasteiger partial charge < -0.3 is 9.05 Å². The lowest BCUT2D eigenvalue weighted by Gasteiger charge is -2.15. The van der Waals surface area contributed by atoms with E-state index < -0.39 is 7.60 Å². The predicted molar refractivity (Wildman–Crippen MR) is 103 cm³/mol. The molecule has 0 aliphatic rings. The number of thioether (sulfide) groups is 1. The van der Waals surface area contributed by atoms with Gasteiger partial charge in [-0.3, -0.25) is 4.68 Å². The summed E-state index contributed by atoms with van der Waals surface area (Å²) in [7, 11) is -3.19. The highest BCUT2D eigenvalue weighted by Crippen LogP contribution is 2.50. The quantitative estimate of drug-likeness (QED) is 0.224. The van der Waals surface area contributed by atoms with E-state index in [1.54, 1.807) is 25.6 Å². The topological polar surface area (TPSA) is 53.4 Å². The summed E-state index contributed by atoms with van der Waals surface area (Å²) in [5.74, 6) is 1.18. The fourth-order valence-corrected chi connectivity index (χ4v) is 4.58. The van der Waals surface area contributed by atoms with Gasteiger partial charge in [-0.2, -0.15) is 0 Å². The van der Waals surface area contributed by atoms with Crippen LogP contribution in [0.1, 0.15) is 59.8 Å². The first kappa shape index (κ1) is 21.9. The molecule has 0 bridgehead atoms. The smallest absolute Gasteiger partial charge is 0.380 e. The number of unbranched alkanes of at least 4 members (excludes halogenated alkanes) is 3. The zero-order chi connectivity index (χ0) is 18.0. The van der Waals surface area contributed by atoms with Crippen LogP contribution in [0.5, 0.6) is 5.88 Å². The van der Waals surface area contributed by atoms with E-state index in [-0.39, 0.29) is 12.0 Å². The first-order valence-electron chi connectivity index (χ1n) is 8.83. The van der Waals surface area contributed by atoms with Crippen LogP contribution in [0.2, 0.25) is 5.02 Å². The third-order valence-electron chi connectivity index (χ3n) is 3.43. The Morgan fingerprint density at radius 3 is 2.50 bits per heavy atom. The number of aromatic nitrogens is 2. The van der Waals surface area contributed by atoms with Crippen molar-refractivity contribution in [3.63, 3.8) is 0 Å². The molecule has 0 N–H and O–H groups in total. The highest BCUT2D eigenvalue weighted by molar-refractivity contribution is 7.99. The van der Waals surface area contributed by atoms with Crippen molar-refractivity contribution in [2.24, 2.45) is 0 Å². The zero-order valence-corrected chi connectivity index (χ0v) is 17.7. The van der Waals surface area contributed by atoms with Gasteiger partial charge in [0.05, 0.1) is 12.8 Å². The van der Waals surface area contributed by atoms with Crippen LogP contribution in [0.4, 0.5) is 0 Å². The Labute approximate surface area is 155 Å². The molecule has 0 saturated carbocycles. The molecule has 0 spiro atoms. The number of halogens is 1. The molecule has 24 heavy (non-hydrogen) atoms. The van der Waals surface area contributed by atoms with E-state index in [4.69, 9.17) is 20.6 Å². The number of hydrogen-bond donors (Lipinski definition) is 0. The first-order chi connectivity index (χ1) is 11.5. The number of aryl methyl sites for hydroxylation is 1. The predicted octanol–water partition coefficient (Wildman–Crippen LogP) is 6.25. The minimum atomic E-state index is -3.19. The van der Waals surface area contributed by atoms with Crippen molar-refractivity contribution in [1.82, 2.24) is 9.78 Å². The summed E-state index contributed by atoms with van der Waals surface area (Å²) in [6.07, 6.45) is 5.95. The van der Waals surface area contributed by atoms with Gasteiger partial charge in [0.1, 0.15) is 10.0 Å². The summed E-state index contributed by atoms with van der Waals surface area (Å²) in [6, 6.07) is 0. The second-order valence-electron chi connectivity index (χ2n) is 5.49. The molecular weight excluding hydrogens is 367 g/mol. The molecule has 1 aromatic rings. The molecule has 1 heterocycles. The molecule has 8 heteroatoms. The van der Waals surface area contributed by atoms with Gasteiger partial charge in [0.25, 0.3) is 5.88 Å².